The van der Waals surface area contributed by atoms with Gasteiger partial charge in [0.25, 0.3) is 0 Å². The summed E-state index contributed by atoms with van der Waals surface area (Å²) in [6.07, 6.45) is 6.21. The highest BCUT2D eigenvalue weighted by atomic mass is 32.1. The van der Waals surface area contributed by atoms with Crippen molar-refractivity contribution in [2.24, 2.45) is 0 Å². The van der Waals surface area contributed by atoms with Crippen LogP contribution in [0.25, 0.3) is 17.3 Å². The van der Waals surface area contributed by atoms with Crippen LogP contribution in [0.3, 0.4) is 0 Å². The van der Waals surface area contributed by atoms with Gasteiger partial charge in [0.2, 0.25) is 5.91 Å². The zero-order valence-electron chi connectivity index (χ0n) is 12.1. The Hall–Kier alpha value is -2.91. The van der Waals surface area contributed by atoms with Crippen molar-refractivity contribution in [1.82, 2.24) is 9.97 Å². The topological polar surface area (TPSA) is 98.0 Å². The molecule has 9 heteroatoms. The molecule has 0 radical (unpaired) electrons. The standard InChI is InChI=1S/C15H10N4O3S2/c20-13(3-1-11-2-4-14(24-11)19(21)22)18-15-17-12(9-23-15)10-5-7-16-8-6-10/h1-9H,(H,17,18,20). The van der Waals surface area contributed by atoms with Gasteiger partial charge in [-0.25, -0.2) is 4.98 Å². The van der Waals surface area contributed by atoms with E-state index >= 15 is 0 Å². The maximum absolute atomic E-state index is 11.9. The highest BCUT2D eigenvalue weighted by Crippen LogP contribution is 2.26. The summed E-state index contributed by atoms with van der Waals surface area (Å²) in [6.45, 7) is 0. The maximum atomic E-state index is 11.9. The first-order valence-corrected chi connectivity index (χ1v) is 8.40. The fourth-order valence-corrected chi connectivity index (χ4v) is 3.27. The van der Waals surface area contributed by atoms with E-state index in [0.29, 0.717) is 10.0 Å². The first-order chi connectivity index (χ1) is 11.6. The molecule has 0 aliphatic carbocycles. The summed E-state index contributed by atoms with van der Waals surface area (Å²) in [6, 6.07) is 6.68. The molecule has 3 heterocycles. The molecule has 0 atom stereocenters. The summed E-state index contributed by atoms with van der Waals surface area (Å²) < 4.78 is 0. The Labute approximate surface area is 144 Å². The van der Waals surface area contributed by atoms with Crippen LogP contribution in [-0.4, -0.2) is 20.8 Å². The number of thiazole rings is 1. The molecule has 1 amide bonds. The Bertz CT molecular complexity index is 902. The molecule has 1 N–H and O–H groups in total. The summed E-state index contributed by atoms with van der Waals surface area (Å²) in [5.74, 6) is -0.346. The van der Waals surface area contributed by atoms with E-state index in [4.69, 9.17) is 0 Å². The molecule has 120 valence electrons. The van der Waals surface area contributed by atoms with Gasteiger partial charge >= 0.3 is 5.00 Å². The first kappa shape index (κ1) is 16.0. The van der Waals surface area contributed by atoms with Crippen LogP contribution in [0.1, 0.15) is 4.88 Å². The molecule has 0 aromatic carbocycles. The number of nitro groups is 1. The third kappa shape index (κ3) is 3.89. The Balaban J connectivity index is 1.63. The third-order valence-electron chi connectivity index (χ3n) is 2.90. The molecule has 3 aromatic rings. The van der Waals surface area contributed by atoms with Gasteiger partial charge in [0.15, 0.2) is 5.13 Å². The van der Waals surface area contributed by atoms with E-state index in [1.54, 1.807) is 18.5 Å². The summed E-state index contributed by atoms with van der Waals surface area (Å²) in [5, 5.41) is 15.6. The highest BCUT2D eigenvalue weighted by Gasteiger charge is 2.09. The summed E-state index contributed by atoms with van der Waals surface area (Å²) in [5.41, 5.74) is 1.68. The van der Waals surface area contributed by atoms with Gasteiger partial charge in [-0.05, 0) is 24.3 Å². The van der Waals surface area contributed by atoms with Crippen LogP contribution in [0.15, 0.2) is 48.1 Å². The van der Waals surface area contributed by atoms with Crippen LogP contribution in [0.5, 0.6) is 0 Å². The molecular weight excluding hydrogens is 348 g/mol. The minimum Gasteiger partial charge on any atom is -0.298 e. The molecule has 3 rings (SSSR count). The van der Waals surface area contributed by atoms with Crippen molar-refractivity contribution < 1.29 is 9.72 Å². The van der Waals surface area contributed by atoms with Gasteiger partial charge in [0.1, 0.15) is 0 Å². The van der Waals surface area contributed by atoms with Gasteiger partial charge < -0.3 is 0 Å². The van der Waals surface area contributed by atoms with Crippen molar-refractivity contribution >= 4 is 44.8 Å². The monoisotopic (exact) mass is 358 g/mol. The van der Waals surface area contributed by atoms with Crippen LogP contribution < -0.4 is 5.32 Å². The van der Waals surface area contributed by atoms with E-state index in [-0.39, 0.29) is 10.9 Å². The SMILES string of the molecule is O=C(C=Cc1ccc([N+](=O)[O-])s1)Nc1nc(-c2ccncc2)cs1. The second-order valence-corrected chi connectivity index (χ2v) is 6.48. The minimum absolute atomic E-state index is 0.0389. The van der Waals surface area contributed by atoms with Crippen LogP contribution >= 0.6 is 22.7 Å². The van der Waals surface area contributed by atoms with E-state index in [9.17, 15) is 14.9 Å². The Kier molecular flexibility index (Phi) is 4.73. The second kappa shape index (κ2) is 7.11. The number of nitrogens with zero attached hydrogens (tertiary/aromatic N) is 3. The van der Waals surface area contributed by atoms with Crippen LogP contribution in [-0.2, 0) is 4.79 Å². The molecule has 0 aliphatic heterocycles. The number of anilines is 1. The fraction of sp³-hybridized carbons (Fsp3) is 0. The Morgan fingerprint density at radius 2 is 2.04 bits per heavy atom. The Morgan fingerprint density at radius 3 is 2.75 bits per heavy atom. The minimum atomic E-state index is -0.460. The smallest absolute Gasteiger partial charge is 0.298 e. The quantitative estimate of drug-likeness (QED) is 0.425. The average Bonchev–Trinajstić information content (AvgIpc) is 3.23. The van der Waals surface area contributed by atoms with Gasteiger partial charge in [-0.15, -0.1) is 11.3 Å². The van der Waals surface area contributed by atoms with Gasteiger partial charge in [0, 0.05) is 40.4 Å². The van der Waals surface area contributed by atoms with E-state index in [0.717, 1.165) is 22.6 Å². The number of aromatic nitrogens is 2. The second-order valence-electron chi connectivity index (χ2n) is 4.53. The number of amides is 1. The van der Waals surface area contributed by atoms with E-state index in [1.807, 2.05) is 17.5 Å². The number of rotatable bonds is 5. The number of hydrogen-bond acceptors (Lipinski definition) is 7. The van der Waals surface area contributed by atoms with E-state index < -0.39 is 4.92 Å². The highest BCUT2D eigenvalue weighted by molar-refractivity contribution is 7.16. The number of carbonyl (C=O) groups excluding carboxylic acids is 1. The maximum Gasteiger partial charge on any atom is 0.324 e. The zero-order chi connectivity index (χ0) is 16.9. The molecule has 0 unspecified atom stereocenters. The lowest BCUT2D eigenvalue weighted by molar-refractivity contribution is -0.380. The van der Waals surface area contributed by atoms with Crippen molar-refractivity contribution in [2.75, 3.05) is 5.32 Å². The van der Waals surface area contributed by atoms with Gasteiger partial charge in [-0.3, -0.25) is 25.2 Å². The van der Waals surface area contributed by atoms with Crippen molar-refractivity contribution in [1.29, 1.82) is 0 Å². The van der Waals surface area contributed by atoms with E-state index in [1.165, 1.54) is 29.6 Å². The van der Waals surface area contributed by atoms with Crippen molar-refractivity contribution in [3.63, 3.8) is 0 Å². The molecular formula is C15H10N4O3S2. The van der Waals surface area contributed by atoms with Crippen LogP contribution in [0, 0.1) is 10.1 Å². The van der Waals surface area contributed by atoms with Crippen molar-refractivity contribution in [2.45, 2.75) is 0 Å². The van der Waals surface area contributed by atoms with Gasteiger partial charge in [-0.2, -0.15) is 0 Å². The van der Waals surface area contributed by atoms with Crippen molar-refractivity contribution in [3.05, 3.63) is 63.1 Å². The van der Waals surface area contributed by atoms with Gasteiger partial charge in [0.05, 0.1) is 10.6 Å². The molecule has 0 fully saturated rings. The zero-order valence-corrected chi connectivity index (χ0v) is 13.7. The number of carbonyl (C=O) groups is 1. The molecule has 0 bridgehead atoms. The Morgan fingerprint density at radius 1 is 1.25 bits per heavy atom. The molecule has 3 aromatic heterocycles. The van der Waals surface area contributed by atoms with E-state index in [2.05, 4.69) is 15.3 Å². The number of pyridine rings is 1. The van der Waals surface area contributed by atoms with Crippen LogP contribution in [0.4, 0.5) is 10.1 Å². The first-order valence-electron chi connectivity index (χ1n) is 6.71. The fourth-order valence-electron chi connectivity index (χ4n) is 1.82. The van der Waals surface area contributed by atoms with Gasteiger partial charge in [-0.1, -0.05) is 11.3 Å². The normalized spacial score (nSPS) is 10.8. The number of nitrogens with one attached hydrogen (secondary N) is 1. The van der Waals surface area contributed by atoms with Crippen LogP contribution in [0.2, 0.25) is 0 Å². The lowest BCUT2D eigenvalue weighted by Crippen LogP contribution is -2.07. The molecule has 0 saturated carbocycles. The van der Waals surface area contributed by atoms with Crippen molar-refractivity contribution in [3.8, 4) is 11.3 Å². The average molecular weight is 358 g/mol. The lowest BCUT2D eigenvalue weighted by atomic mass is 10.2. The predicted octanol–water partition coefficient (Wildman–Crippen LogP) is 3.83. The summed E-state index contributed by atoms with van der Waals surface area (Å²) in [7, 11) is 0. The lowest BCUT2D eigenvalue weighted by Gasteiger charge is -1.96. The number of hydrogen-bond donors (Lipinski definition) is 1. The predicted molar refractivity (Wildman–Crippen MR) is 94.0 cm³/mol. The molecule has 0 spiro atoms. The molecule has 7 nitrogen and oxygen atoms in total. The summed E-state index contributed by atoms with van der Waals surface area (Å²) >= 11 is 2.32. The molecule has 0 saturated heterocycles. The molecule has 24 heavy (non-hydrogen) atoms. The largest absolute Gasteiger partial charge is 0.324 e. The number of thiophene rings is 1. The summed E-state index contributed by atoms with van der Waals surface area (Å²) in [4.78, 5) is 31.0. The third-order valence-corrected chi connectivity index (χ3v) is 4.66. The molecule has 0 aliphatic rings.